The first kappa shape index (κ1) is 21.0. The number of aromatic hydroxyl groups is 1. The number of amides is 2. The smallest absolute Gasteiger partial charge is 0.329 e. The van der Waals surface area contributed by atoms with Crippen LogP contribution in [0.5, 0.6) is 5.75 Å². The van der Waals surface area contributed by atoms with Crippen molar-refractivity contribution in [2.45, 2.75) is 27.7 Å². The number of hydrogen-bond acceptors (Lipinski definition) is 5. The summed E-state index contributed by atoms with van der Waals surface area (Å²) >= 11 is 0. The van der Waals surface area contributed by atoms with Gasteiger partial charge in [-0.3, -0.25) is 9.59 Å². The quantitative estimate of drug-likeness (QED) is 0.407. The molecular weight excluding hydrogens is 356 g/mol. The number of hydrazone groups is 1. The predicted octanol–water partition coefficient (Wildman–Crippen LogP) is 2.94. The van der Waals surface area contributed by atoms with E-state index in [0.29, 0.717) is 11.3 Å². The van der Waals surface area contributed by atoms with E-state index in [0.717, 1.165) is 29.9 Å². The van der Waals surface area contributed by atoms with E-state index in [2.05, 4.69) is 20.7 Å². The molecule has 2 aromatic carbocycles. The molecule has 0 heterocycles. The summed E-state index contributed by atoms with van der Waals surface area (Å²) in [6.45, 7) is 9.47. The second kappa shape index (κ2) is 9.55. The van der Waals surface area contributed by atoms with Crippen LogP contribution in [-0.4, -0.2) is 36.2 Å². The van der Waals surface area contributed by atoms with E-state index in [9.17, 15) is 14.7 Å². The lowest BCUT2D eigenvalue weighted by Gasteiger charge is -2.21. The molecule has 0 aliphatic rings. The number of benzene rings is 2. The molecule has 0 radical (unpaired) electrons. The van der Waals surface area contributed by atoms with Gasteiger partial charge in [0.25, 0.3) is 0 Å². The van der Waals surface area contributed by atoms with Gasteiger partial charge in [-0.05, 0) is 57.0 Å². The molecule has 0 atom stereocenters. The van der Waals surface area contributed by atoms with Crippen LogP contribution in [0.3, 0.4) is 0 Å². The minimum Gasteiger partial charge on any atom is -0.507 e. The van der Waals surface area contributed by atoms with E-state index in [-0.39, 0.29) is 5.75 Å². The van der Waals surface area contributed by atoms with Crippen molar-refractivity contribution in [3.63, 3.8) is 0 Å². The number of carbonyl (C=O) groups is 2. The van der Waals surface area contributed by atoms with Crippen LogP contribution >= 0.6 is 0 Å². The van der Waals surface area contributed by atoms with Crippen molar-refractivity contribution in [2.24, 2.45) is 5.10 Å². The van der Waals surface area contributed by atoms with Crippen LogP contribution in [0.2, 0.25) is 0 Å². The van der Waals surface area contributed by atoms with Crippen LogP contribution in [0.15, 0.2) is 41.5 Å². The van der Waals surface area contributed by atoms with Gasteiger partial charge in [0.1, 0.15) is 5.75 Å². The maximum atomic E-state index is 12.0. The van der Waals surface area contributed by atoms with Crippen molar-refractivity contribution in [3.8, 4) is 5.75 Å². The molecule has 148 valence electrons. The van der Waals surface area contributed by atoms with Crippen LogP contribution in [0.4, 0.5) is 11.4 Å². The summed E-state index contributed by atoms with van der Waals surface area (Å²) in [5.74, 6) is -1.66. The second-order valence-electron chi connectivity index (χ2n) is 6.39. The molecule has 0 spiro atoms. The third kappa shape index (κ3) is 5.33. The van der Waals surface area contributed by atoms with E-state index in [1.165, 1.54) is 6.21 Å². The number of carbonyl (C=O) groups excluding carboxylic acids is 2. The number of aryl methyl sites for hydroxylation is 2. The number of anilines is 2. The van der Waals surface area contributed by atoms with Gasteiger partial charge in [-0.25, -0.2) is 5.43 Å². The topological polar surface area (TPSA) is 94.0 Å². The summed E-state index contributed by atoms with van der Waals surface area (Å²) in [6, 6.07) is 10.8. The zero-order valence-corrected chi connectivity index (χ0v) is 16.6. The lowest BCUT2D eigenvalue weighted by molar-refractivity contribution is -0.136. The van der Waals surface area contributed by atoms with E-state index < -0.39 is 11.8 Å². The molecule has 0 unspecified atom stereocenters. The highest BCUT2D eigenvalue weighted by molar-refractivity contribution is 6.39. The van der Waals surface area contributed by atoms with Gasteiger partial charge in [-0.1, -0.05) is 12.1 Å². The molecule has 7 nitrogen and oxygen atoms in total. The summed E-state index contributed by atoms with van der Waals surface area (Å²) in [5, 5.41) is 16.5. The van der Waals surface area contributed by atoms with Gasteiger partial charge in [0.15, 0.2) is 0 Å². The molecule has 28 heavy (non-hydrogen) atoms. The van der Waals surface area contributed by atoms with E-state index >= 15 is 0 Å². The molecule has 2 rings (SSSR count). The molecule has 0 bridgehead atoms. The average molecular weight is 382 g/mol. The Morgan fingerprint density at radius 2 is 1.79 bits per heavy atom. The number of phenols is 1. The predicted molar refractivity (Wildman–Crippen MR) is 112 cm³/mol. The standard InChI is InChI=1S/C21H26N4O3/c1-5-25(6-2)17-10-9-16(19(26)12-17)13-22-24-21(28)20(27)23-18-11-14(3)7-8-15(18)4/h7-13,26H,5-6H2,1-4H3,(H,23,27)(H,24,28). The lowest BCUT2D eigenvalue weighted by Crippen LogP contribution is -2.32. The Kier molecular flexibility index (Phi) is 7.14. The molecule has 0 saturated carbocycles. The van der Waals surface area contributed by atoms with Gasteiger partial charge in [0, 0.05) is 36.1 Å². The Balaban J connectivity index is 1.99. The van der Waals surface area contributed by atoms with Crippen LogP contribution in [0.1, 0.15) is 30.5 Å². The third-order valence-corrected chi connectivity index (χ3v) is 4.36. The molecule has 0 saturated heterocycles. The van der Waals surface area contributed by atoms with Crippen LogP contribution < -0.4 is 15.6 Å². The number of nitrogens with one attached hydrogen (secondary N) is 2. The Morgan fingerprint density at radius 3 is 2.43 bits per heavy atom. The van der Waals surface area contributed by atoms with Crippen molar-refractivity contribution < 1.29 is 14.7 Å². The highest BCUT2D eigenvalue weighted by Crippen LogP contribution is 2.23. The van der Waals surface area contributed by atoms with Crippen molar-refractivity contribution >= 4 is 29.4 Å². The summed E-state index contributed by atoms with van der Waals surface area (Å²) in [5.41, 5.74) is 5.91. The molecular formula is C21H26N4O3. The lowest BCUT2D eigenvalue weighted by atomic mass is 10.1. The number of nitrogens with zero attached hydrogens (tertiary/aromatic N) is 2. The zero-order chi connectivity index (χ0) is 20.7. The highest BCUT2D eigenvalue weighted by Gasteiger charge is 2.14. The summed E-state index contributed by atoms with van der Waals surface area (Å²) in [7, 11) is 0. The van der Waals surface area contributed by atoms with Crippen molar-refractivity contribution in [1.82, 2.24) is 5.43 Å². The first-order chi connectivity index (χ1) is 13.3. The summed E-state index contributed by atoms with van der Waals surface area (Å²) in [6.07, 6.45) is 1.30. The van der Waals surface area contributed by atoms with Gasteiger partial charge in [-0.2, -0.15) is 5.10 Å². The third-order valence-electron chi connectivity index (χ3n) is 4.36. The monoisotopic (exact) mass is 382 g/mol. The Labute approximate surface area is 165 Å². The number of phenolic OH excluding ortho intramolecular Hbond substituents is 1. The van der Waals surface area contributed by atoms with Crippen molar-refractivity contribution in [2.75, 3.05) is 23.3 Å². The summed E-state index contributed by atoms with van der Waals surface area (Å²) < 4.78 is 0. The zero-order valence-electron chi connectivity index (χ0n) is 16.6. The molecule has 3 N–H and O–H groups in total. The fourth-order valence-electron chi connectivity index (χ4n) is 2.69. The SMILES string of the molecule is CCN(CC)c1ccc(C=NNC(=O)C(=O)Nc2cc(C)ccc2C)c(O)c1. The molecule has 0 aliphatic heterocycles. The maximum absolute atomic E-state index is 12.0. The number of hydrogen-bond donors (Lipinski definition) is 3. The largest absolute Gasteiger partial charge is 0.507 e. The van der Waals surface area contributed by atoms with Gasteiger partial charge < -0.3 is 15.3 Å². The first-order valence-electron chi connectivity index (χ1n) is 9.15. The highest BCUT2D eigenvalue weighted by atomic mass is 16.3. The molecule has 2 aromatic rings. The minimum absolute atomic E-state index is 0.0437. The van der Waals surface area contributed by atoms with Crippen LogP contribution in [0, 0.1) is 13.8 Å². The van der Waals surface area contributed by atoms with Crippen LogP contribution in [-0.2, 0) is 9.59 Å². The Bertz CT molecular complexity index is 889. The van der Waals surface area contributed by atoms with Crippen molar-refractivity contribution in [3.05, 3.63) is 53.1 Å². The Morgan fingerprint density at radius 1 is 1.07 bits per heavy atom. The fourth-order valence-corrected chi connectivity index (χ4v) is 2.69. The average Bonchev–Trinajstić information content (AvgIpc) is 2.67. The molecule has 2 amide bonds. The van der Waals surface area contributed by atoms with E-state index in [4.69, 9.17) is 0 Å². The van der Waals surface area contributed by atoms with Gasteiger partial charge in [-0.15, -0.1) is 0 Å². The molecule has 0 fully saturated rings. The van der Waals surface area contributed by atoms with Gasteiger partial charge >= 0.3 is 11.8 Å². The van der Waals surface area contributed by atoms with Crippen molar-refractivity contribution in [1.29, 1.82) is 0 Å². The second-order valence-corrected chi connectivity index (χ2v) is 6.39. The van der Waals surface area contributed by atoms with E-state index in [1.54, 1.807) is 18.2 Å². The Hall–Kier alpha value is -3.35. The number of rotatable bonds is 6. The summed E-state index contributed by atoms with van der Waals surface area (Å²) in [4.78, 5) is 26.1. The maximum Gasteiger partial charge on any atom is 0.329 e. The normalized spacial score (nSPS) is 10.7. The first-order valence-corrected chi connectivity index (χ1v) is 9.15. The van der Waals surface area contributed by atoms with Gasteiger partial charge in [0.05, 0.1) is 6.21 Å². The molecule has 7 heteroatoms. The minimum atomic E-state index is -0.892. The van der Waals surface area contributed by atoms with Crippen LogP contribution in [0.25, 0.3) is 0 Å². The molecule has 0 aliphatic carbocycles. The fraction of sp³-hybridized carbons (Fsp3) is 0.286. The molecule has 0 aromatic heterocycles. The van der Waals surface area contributed by atoms with Gasteiger partial charge in [0.2, 0.25) is 0 Å². The van der Waals surface area contributed by atoms with E-state index in [1.807, 2.05) is 45.9 Å².